The lowest BCUT2D eigenvalue weighted by atomic mass is 10.1. The van der Waals surface area contributed by atoms with Crippen molar-refractivity contribution in [1.29, 1.82) is 0 Å². The zero-order valence-corrected chi connectivity index (χ0v) is 16.5. The first-order chi connectivity index (χ1) is 12.8. The molecule has 3 rings (SSSR count). The van der Waals surface area contributed by atoms with Crippen molar-refractivity contribution in [1.82, 2.24) is 10.3 Å². The smallest absolute Gasteiger partial charge is 0.275 e. The second-order valence-electron chi connectivity index (χ2n) is 6.84. The normalized spacial score (nSPS) is 14.5. The lowest BCUT2D eigenvalue weighted by Gasteiger charge is -2.17. The van der Waals surface area contributed by atoms with Gasteiger partial charge in [0.15, 0.2) is 6.10 Å². The Bertz CT molecular complexity index is 970. The summed E-state index contributed by atoms with van der Waals surface area (Å²) in [5, 5.41) is 0. The summed E-state index contributed by atoms with van der Waals surface area (Å²) in [6, 6.07) is 10.7. The Kier molecular flexibility index (Phi) is 5.53. The molecule has 0 unspecified atom stereocenters. The molecule has 0 saturated carbocycles. The number of fused-ring (bicyclic) bond motifs is 1. The second kappa shape index (κ2) is 7.70. The van der Waals surface area contributed by atoms with Crippen LogP contribution in [0.15, 0.2) is 41.3 Å². The Balaban J connectivity index is 1.63. The highest BCUT2D eigenvalue weighted by Crippen LogP contribution is 2.24. The quantitative estimate of drug-likeness (QED) is 0.745. The van der Waals surface area contributed by atoms with Gasteiger partial charge in [0, 0.05) is 0 Å². The lowest BCUT2D eigenvalue weighted by Crippen LogP contribution is -2.47. The van der Waals surface area contributed by atoms with Gasteiger partial charge in [0.25, 0.3) is 15.9 Å². The molecule has 2 aromatic rings. The minimum absolute atomic E-state index is 0.145. The zero-order chi connectivity index (χ0) is 19.6. The van der Waals surface area contributed by atoms with Gasteiger partial charge in [0.2, 0.25) is 0 Å². The van der Waals surface area contributed by atoms with Crippen LogP contribution in [0.25, 0.3) is 0 Å². The number of hydrogen-bond acceptors (Lipinski definition) is 4. The van der Waals surface area contributed by atoms with Crippen molar-refractivity contribution in [2.75, 3.05) is 0 Å². The van der Waals surface area contributed by atoms with E-state index < -0.39 is 22.0 Å². The molecular formula is C20H24N2O4S. The molecule has 27 heavy (non-hydrogen) atoms. The molecule has 0 saturated heterocycles. The van der Waals surface area contributed by atoms with E-state index in [4.69, 9.17) is 4.74 Å². The number of aryl methyl sites for hydroxylation is 3. The number of hydrazine groups is 1. The number of nitrogens with one attached hydrogen (secondary N) is 2. The summed E-state index contributed by atoms with van der Waals surface area (Å²) in [5.74, 6) is 0.0276. The van der Waals surface area contributed by atoms with Gasteiger partial charge in [-0.25, -0.2) is 8.42 Å². The molecule has 1 atom stereocenters. The highest BCUT2D eigenvalue weighted by Gasteiger charge is 2.21. The fraction of sp³-hybridized carbons (Fsp3) is 0.350. The minimum Gasteiger partial charge on any atom is -0.481 e. The van der Waals surface area contributed by atoms with Crippen LogP contribution in [-0.2, 0) is 27.7 Å². The Hall–Kier alpha value is -2.38. The molecule has 0 heterocycles. The topological polar surface area (TPSA) is 84.5 Å². The maximum Gasteiger partial charge on any atom is 0.275 e. The molecule has 0 aliphatic heterocycles. The van der Waals surface area contributed by atoms with Crippen LogP contribution in [0.4, 0.5) is 0 Å². The number of amides is 1. The summed E-state index contributed by atoms with van der Waals surface area (Å²) in [6.45, 7) is 5.43. The van der Waals surface area contributed by atoms with Gasteiger partial charge in [-0.15, -0.1) is 4.83 Å². The standard InChI is InChI=1S/C20H24N2O4S/c1-13-6-4-9-19(14(13)2)26-15(3)20(23)21-22-27(24,25)18-11-10-16-7-5-8-17(16)12-18/h4,6,9-12,15,22H,5,7-8H2,1-3H3,(H,21,23)/t15-/m1/s1. The summed E-state index contributed by atoms with van der Waals surface area (Å²) in [4.78, 5) is 14.5. The van der Waals surface area contributed by atoms with Crippen molar-refractivity contribution in [3.05, 3.63) is 58.7 Å². The molecule has 2 N–H and O–H groups in total. The molecule has 1 amide bonds. The summed E-state index contributed by atoms with van der Waals surface area (Å²) in [5.41, 5.74) is 6.48. The van der Waals surface area contributed by atoms with Crippen molar-refractivity contribution in [2.24, 2.45) is 0 Å². The van der Waals surface area contributed by atoms with Crippen molar-refractivity contribution in [3.8, 4) is 5.75 Å². The third kappa shape index (κ3) is 4.31. The number of carbonyl (C=O) groups excluding carboxylic acids is 1. The van der Waals surface area contributed by atoms with E-state index in [2.05, 4.69) is 10.3 Å². The second-order valence-corrected chi connectivity index (χ2v) is 8.52. The van der Waals surface area contributed by atoms with Crippen LogP contribution in [0.3, 0.4) is 0 Å². The maximum atomic E-state index is 12.4. The van der Waals surface area contributed by atoms with Crippen molar-refractivity contribution in [3.63, 3.8) is 0 Å². The molecule has 1 aliphatic rings. The fourth-order valence-electron chi connectivity index (χ4n) is 3.09. The predicted molar refractivity (Wildman–Crippen MR) is 103 cm³/mol. The van der Waals surface area contributed by atoms with Crippen LogP contribution in [0.1, 0.15) is 35.6 Å². The highest BCUT2D eigenvalue weighted by atomic mass is 32.2. The molecule has 0 aromatic heterocycles. The number of carbonyl (C=O) groups is 1. The molecule has 2 aromatic carbocycles. The fourth-order valence-corrected chi connectivity index (χ4v) is 3.99. The first kappa shape index (κ1) is 19.4. The molecule has 6 nitrogen and oxygen atoms in total. The van der Waals surface area contributed by atoms with Gasteiger partial charge in [-0.2, -0.15) is 0 Å². The van der Waals surface area contributed by atoms with E-state index in [9.17, 15) is 13.2 Å². The van der Waals surface area contributed by atoms with Gasteiger partial charge >= 0.3 is 0 Å². The van der Waals surface area contributed by atoms with Gasteiger partial charge in [-0.3, -0.25) is 10.2 Å². The average molecular weight is 388 g/mol. The van der Waals surface area contributed by atoms with Gasteiger partial charge in [0.05, 0.1) is 4.90 Å². The van der Waals surface area contributed by atoms with Gasteiger partial charge in [-0.1, -0.05) is 18.2 Å². The molecule has 0 radical (unpaired) electrons. The van der Waals surface area contributed by atoms with Crippen LogP contribution in [0, 0.1) is 13.8 Å². The van der Waals surface area contributed by atoms with Crippen LogP contribution >= 0.6 is 0 Å². The third-order valence-electron chi connectivity index (χ3n) is 4.92. The van der Waals surface area contributed by atoms with Gasteiger partial charge < -0.3 is 4.74 Å². The molecule has 7 heteroatoms. The van der Waals surface area contributed by atoms with E-state index in [0.717, 1.165) is 36.0 Å². The first-order valence-electron chi connectivity index (χ1n) is 8.94. The number of hydrogen-bond donors (Lipinski definition) is 2. The molecule has 0 spiro atoms. The van der Waals surface area contributed by atoms with Crippen molar-refractivity contribution >= 4 is 15.9 Å². The molecule has 144 valence electrons. The minimum atomic E-state index is -3.84. The van der Waals surface area contributed by atoms with E-state index in [1.807, 2.05) is 32.0 Å². The van der Waals surface area contributed by atoms with Gasteiger partial charge in [0.1, 0.15) is 5.75 Å². The monoisotopic (exact) mass is 388 g/mol. The van der Waals surface area contributed by atoms with Crippen LogP contribution in [0.2, 0.25) is 0 Å². The van der Waals surface area contributed by atoms with E-state index in [-0.39, 0.29) is 4.90 Å². The summed E-state index contributed by atoms with van der Waals surface area (Å²) in [7, 11) is -3.84. The van der Waals surface area contributed by atoms with E-state index in [1.165, 1.54) is 5.56 Å². The summed E-state index contributed by atoms with van der Waals surface area (Å²) < 4.78 is 30.6. The van der Waals surface area contributed by atoms with Gasteiger partial charge in [-0.05, 0) is 80.5 Å². The Labute approximate surface area is 160 Å². The van der Waals surface area contributed by atoms with Crippen LogP contribution in [-0.4, -0.2) is 20.4 Å². The number of rotatable bonds is 6. The Morgan fingerprint density at radius 1 is 1.11 bits per heavy atom. The van der Waals surface area contributed by atoms with E-state index in [0.29, 0.717) is 5.75 Å². The van der Waals surface area contributed by atoms with Crippen LogP contribution in [0.5, 0.6) is 5.75 Å². The number of benzene rings is 2. The maximum absolute atomic E-state index is 12.4. The molecule has 1 aliphatic carbocycles. The molecule has 0 bridgehead atoms. The average Bonchev–Trinajstić information content (AvgIpc) is 3.11. The summed E-state index contributed by atoms with van der Waals surface area (Å²) >= 11 is 0. The lowest BCUT2D eigenvalue weighted by molar-refractivity contribution is -0.127. The third-order valence-corrected chi connectivity index (χ3v) is 6.16. The number of ether oxygens (including phenoxy) is 1. The van der Waals surface area contributed by atoms with Crippen LogP contribution < -0.4 is 15.0 Å². The van der Waals surface area contributed by atoms with E-state index >= 15 is 0 Å². The molecule has 0 fully saturated rings. The number of sulfonamides is 1. The van der Waals surface area contributed by atoms with Crippen molar-refractivity contribution in [2.45, 2.75) is 51.0 Å². The van der Waals surface area contributed by atoms with Crippen molar-refractivity contribution < 1.29 is 17.9 Å². The largest absolute Gasteiger partial charge is 0.481 e. The van der Waals surface area contributed by atoms with E-state index in [1.54, 1.807) is 25.1 Å². The predicted octanol–water partition coefficient (Wildman–Crippen LogP) is 2.57. The summed E-state index contributed by atoms with van der Waals surface area (Å²) in [6.07, 6.45) is 2.04. The SMILES string of the molecule is Cc1cccc(O[C@H](C)C(=O)NNS(=O)(=O)c2ccc3c(c2)CCC3)c1C. The molecular weight excluding hydrogens is 364 g/mol. The Morgan fingerprint density at radius 2 is 1.85 bits per heavy atom. The Morgan fingerprint density at radius 3 is 2.63 bits per heavy atom. The zero-order valence-electron chi connectivity index (χ0n) is 15.7. The first-order valence-corrected chi connectivity index (χ1v) is 10.4. The highest BCUT2D eigenvalue weighted by molar-refractivity contribution is 7.89.